The molecule has 0 aliphatic carbocycles. The highest BCUT2D eigenvalue weighted by Crippen LogP contribution is 2.18. The van der Waals surface area contributed by atoms with Gasteiger partial charge in [-0.25, -0.2) is 8.42 Å². The maximum Gasteiger partial charge on any atom is 0.325 e. The molecule has 6 nitrogen and oxygen atoms in total. The fourth-order valence-corrected chi connectivity index (χ4v) is 2.17. The molecule has 1 atom stereocenters. The lowest BCUT2D eigenvalue weighted by atomic mass is 10.0. The van der Waals surface area contributed by atoms with E-state index in [-0.39, 0.29) is 17.9 Å². The normalized spacial score (nSPS) is 14.4. The molecule has 0 saturated carbocycles. The predicted octanol–water partition coefficient (Wildman–Crippen LogP) is 0.749. The van der Waals surface area contributed by atoms with Gasteiger partial charge in [-0.1, -0.05) is 6.07 Å². The Balaban J connectivity index is 2.66. The summed E-state index contributed by atoms with van der Waals surface area (Å²) in [6.45, 7) is 1.73. The lowest BCUT2D eigenvalue weighted by molar-refractivity contribution is -0.146. The van der Waals surface area contributed by atoms with E-state index in [1.807, 2.05) is 0 Å². The van der Waals surface area contributed by atoms with Crippen molar-refractivity contribution in [2.24, 2.45) is 5.73 Å². The SMILES string of the molecule is COC(=O)C(C)(N)CCOc1cccc(S(C)(=O)=O)c1. The molecule has 0 fully saturated rings. The third-order valence-corrected chi connectivity index (χ3v) is 3.89. The van der Waals surface area contributed by atoms with Crippen LogP contribution in [0.25, 0.3) is 0 Å². The van der Waals surface area contributed by atoms with Crippen molar-refractivity contribution < 1.29 is 22.7 Å². The van der Waals surface area contributed by atoms with Crippen molar-refractivity contribution in [1.29, 1.82) is 0 Å². The maximum absolute atomic E-state index is 11.4. The molecule has 0 aliphatic heterocycles. The number of hydrogen-bond donors (Lipinski definition) is 1. The zero-order valence-electron chi connectivity index (χ0n) is 11.8. The Kier molecular flexibility index (Phi) is 5.13. The molecule has 0 aliphatic rings. The van der Waals surface area contributed by atoms with Gasteiger partial charge in [-0.2, -0.15) is 0 Å². The molecule has 0 heterocycles. The minimum atomic E-state index is -3.27. The lowest BCUT2D eigenvalue weighted by Crippen LogP contribution is -2.46. The lowest BCUT2D eigenvalue weighted by Gasteiger charge is -2.21. The maximum atomic E-state index is 11.4. The largest absolute Gasteiger partial charge is 0.493 e. The molecule has 0 amide bonds. The number of esters is 1. The van der Waals surface area contributed by atoms with E-state index < -0.39 is 21.3 Å². The fourth-order valence-electron chi connectivity index (χ4n) is 1.51. The van der Waals surface area contributed by atoms with Crippen LogP contribution in [0.4, 0.5) is 0 Å². The summed E-state index contributed by atoms with van der Waals surface area (Å²) in [6.07, 6.45) is 1.38. The van der Waals surface area contributed by atoms with Crippen LogP contribution in [0.2, 0.25) is 0 Å². The highest BCUT2D eigenvalue weighted by molar-refractivity contribution is 7.90. The van der Waals surface area contributed by atoms with Crippen molar-refractivity contribution >= 4 is 15.8 Å². The van der Waals surface area contributed by atoms with E-state index in [1.165, 1.54) is 19.2 Å². The molecule has 2 N–H and O–H groups in total. The summed E-state index contributed by atoms with van der Waals surface area (Å²) in [7, 11) is -2.01. The molecule has 0 spiro atoms. The standard InChI is InChI=1S/C13H19NO5S/c1-13(14,12(15)18-2)7-8-19-10-5-4-6-11(9-10)20(3,16)17/h4-6,9H,7-8,14H2,1-3H3. The zero-order valence-corrected chi connectivity index (χ0v) is 12.6. The topological polar surface area (TPSA) is 95.7 Å². The third-order valence-electron chi connectivity index (χ3n) is 2.78. The van der Waals surface area contributed by atoms with Gasteiger partial charge in [-0.05, 0) is 25.1 Å². The minimum absolute atomic E-state index is 0.176. The number of ether oxygens (including phenoxy) is 2. The zero-order chi connectivity index (χ0) is 15.4. The van der Waals surface area contributed by atoms with Crippen LogP contribution in [0, 0.1) is 0 Å². The number of hydrogen-bond acceptors (Lipinski definition) is 6. The number of carbonyl (C=O) groups excluding carboxylic acids is 1. The van der Waals surface area contributed by atoms with Crippen molar-refractivity contribution in [2.75, 3.05) is 20.0 Å². The first-order valence-corrected chi connectivity index (χ1v) is 7.86. The highest BCUT2D eigenvalue weighted by Gasteiger charge is 2.29. The molecule has 0 bridgehead atoms. The quantitative estimate of drug-likeness (QED) is 0.779. The predicted molar refractivity (Wildman–Crippen MR) is 74.3 cm³/mol. The molecule has 1 rings (SSSR count). The molecule has 1 aromatic carbocycles. The van der Waals surface area contributed by atoms with E-state index in [0.29, 0.717) is 5.75 Å². The summed E-state index contributed by atoms with van der Waals surface area (Å²) >= 11 is 0. The fraction of sp³-hybridized carbons (Fsp3) is 0.462. The van der Waals surface area contributed by atoms with Gasteiger partial charge in [0.15, 0.2) is 9.84 Å². The second-order valence-corrected chi connectivity index (χ2v) is 6.77. The molecule has 1 aromatic rings. The first kappa shape index (κ1) is 16.5. The number of benzene rings is 1. The Labute approximate surface area is 118 Å². The van der Waals surface area contributed by atoms with E-state index in [2.05, 4.69) is 4.74 Å². The molecular weight excluding hydrogens is 282 g/mol. The van der Waals surface area contributed by atoms with Gasteiger partial charge in [0.1, 0.15) is 11.3 Å². The van der Waals surface area contributed by atoms with Gasteiger partial charge in [0, 0.05) is 12.7 Å². The first-order valence-electron chi connectivity index (χ1n) is 5.97. The first-order chi connectivity index (χ1) is 9.16. The molecular formula is C13H19NO5S. The van der Waals surface area contributed by atoms with E-state index in [0.717, 1.165) is 6.26 Å². The molecule has 112 valence electrons. The van der Waals surface area contributed by atoms with Crippen molar-refractivity contribution in [3.63, 3.8) is 0 Å². The van der Waals surface area contributed by atoms with Crippen molar-refractivity contribution in [3.8, 4) is 5.75 Å². The Hall–Kier alpha value is -1.60. The second-order valence-electron chi connectivity index (χ2n) is 4.75. The number of methoxy groups -OCH3 is 1. The summed E-state index contributed by atoms with van der Waals surface area (Å²) in [5, 5.41) is 0. The third kappa shape index (κ3) is 4.50. The van der Waals surface area contributed by atoms with Crippen LogP contribution in [0.5, 0.6) is 5.75 Å². The van der Waals surface area contributed by atoms with Gasteiger partial charge in [-0.3, -0.25) is 4.79 Å². The molecule has 20 heavy (non-hydrogen) atoms. The van der Waals surface area contributed by atoms with Crippen LogP contribution in [-0.2, 0) is 19.4 Å². The number of nitrogens with two attached hydrogens (primary N) is 1. The average molecular weight is 301 g/mol. The number of sulfone groups is 1. The monoisotopic (exact) mass is 301 g/mol. The second kappa shape index (κ2) is 6.23. The Morgan fingerprint density at radius 1 is 1.40 bits per heavy atom. The van der Waals surface area contributed by atoms with E-state index in [9.17, 15) is 13.2 Å². The summed E-state index contributed by atoms with van der Waals surface area (Å²) in [5.74, 6) is -0.112. The van der Waals surface area contributed by atoms with E-state index in [1.54, 1.807) is 19.1 Å². The average Bonchev–Trinajstić information content (AvgIpc) is 2.37. The van der Waals surface area contributed by atoms with Gasteiger partial charge >= 0.3 is 5.97 Å². The van der Waals surface area contributed by atoms with E-state index >= 15 is 0 Å². The summed E-state index contributed by atoms with van der Waals surface area (Å²) in [5.41, 5.74) is 4.65. The van der Waals surface area contributed by atoms with Crippen LogP contribution in [0.1, 0.15) is 13.3 Å². The minimum Gasteiger partial charge on any atom is -0.493 e. The van der Waals surface area contributed by atoms with Gasteiger partial charge < -0.3 is 15.2 Å². The van der Waals surface area contributed by atoms with Gasteiger partial charge in [-0.15, -0.1) is 0 Å². The number of rotatable bonds is 6. The van der Waals surface area contributed by atoms with Crippen LogP contribution in [0.3, 0.4) is 0 Å². The van der Waals surface area contributed by atoms with Gasteiger partial charge in [0.2, 0.25) is 0 Å². The smallest absolute Gasteiger partial charge is 0.325 e. The summed E-state index contributed by atoms with van der Waals surface area (Å²) < 4.78 is 32.8. The Bertz CT molecular complexity index is 580. The highest BCUT2D eigenvalue weighted by atomic mass is 32.2. The Morgan fingerprint density at radius 2 is 2.05 bits per heavy atom. The van der Waals surface area contributed by atoms with Gasteiger partial charge in [0.05, 0.1) is 18.6 Å². The molecule has 1 unspecified atom stereocenters. The van der Waals surface area contributed by atoms with Crippen LogP contribution in [0.15, 0.2) is 29.2 Å². The molecule has 0 radical (unpaired) electrons. The van der Waals surface area contributed by atoms with Crippen molar-refractivity contribution in [2.45, 2.75) is 23.8 Å². The summed E-state index contributed by atoms with van der Waals surface area (Å²) in [4.78, 5) is 11.6. The van der Waals surface area contributed by atoms with Crippen molar-refractivity contribution in [3.05, 3.63) is 24.3 Å². The van der Waals surface area contributed by atoms with E-state index in [4.69, 9.17) is 10.5 Å². The molecule has 7 heteroatoms. The molecule has 0 aromatic heterocycles. The number of carbonyl (C=O) groups is 1. The summed E-state index contributed by atoms with van der Waals surface area (Å²) in [6, 6.07) is 6.15. The molecule has 0 saturated heterocycles. The van der Waals surface area contributed by atoms with Crippen molar-refractivity contribution in [1.82, 2.24) is 0 Å². The van der Waals surface area contributed by atoms with Gasteiger partial charge in [0.25, 0.3) is 0 Å². The van der Waals surface area contributed by atoms with Crippen LogP contribution < -0.4 is 10.5 Å². The Morgan fingerprint density at radius 3 is 2.60 bits per heavy atom. The van der Waals surface area contributed by atoms with Crippen LogP contribution >= 0.6 is 0 Å². The van der Waals surface area contributed by atoms with Crippen LogP contribution in [-0.4, -0.2) is 39.9 Å².